The van der Waals surface area contributed by atoms with Crippen LogP contribution < -0.4 is 10.6 Å². The van der Waals surface area contributed by atoms with Gasteiger partial charge in [-0.05, 0) is 13.0 Å². The highest BCUT2D eigenvalue weighted by atomic mass is 16.7. The quantitative estimate of drug-likeness (QED) is 0.691. The number of hydrogen-bond donors (Lipinski definition) is 1. The van der Waals surface area contributed by atoms with E-state index >= 15 is 0 Å². The van der Waals surface area contributed by atoms with E-state index in [0.29, 0.717) is 12.4 Å². The van der Waals surface area contributed by atoms with Crippen molar-refractivity contribution in [2.24, 2.45) is 0 Å². The molecule has 0 fully saturated rings. The van der Waals surface area contributed by atoms with E-state index in [9.17, 15) is 0 Å². The zero-order valence-electron chi connectivity index (χ0n) is 6.77. The molecule has 0 saturated carbocycles. The van der Waals surface area contributed by atoms with Crippen LogP contribution in [0.3, 0.4) is 0 Å². The first kappa shape index (κ1) is 7.02. The van der Waals surface area contributed by atoms with Gasteiger partial charge in [-0.15, -0.1) is 4.85 Å². The van der Waals surface area contributed by atoms with E-state index in [0.717, 1.165) is 5.52 Å². The van der Waals surface area contributed by atoms with E-state index in [4.69, 9.17) is 10.6 Å². The summed E-state index contributed by atoms with van der Waals surface area (Å²) in [7, 11) is 0. The molecule has 64 valence electrons. The molecule has 12 heavy (non-hydrogen) atoms. The van der Waals surface area contributed by atoms with Crippen molar-refractivity contribution in [1.82, 2.24) is 14.3 Å². The van der Waals surface area contributed by atoms with E-state index in [-0.39, 0.29) is 0 Å². The molecule has 0 bridgehead atoms. The molecule has 0 aromatic carbocycles. The Morgan fingerprint density at radius 3 is 3.25 bits per heavy atom. The van der Waals surface area contributed by atoms with Crippen molar-refractivity contribution >= 4 is 11.3 Å². The number of fused-ring (bicyclic) bond motifs is 1. The van der Waals surface area contributed by atoms with E-state index in [2.05, 4.69) is 4.98 Å². The van der Waals surface area contributed by atoms with E-state index in [1.54, 1.807) is 21.9 Å². The van der Waals surface area contributed by atoms with Gasteiger partial charge in [0.05, 0.1) is 6.20 Å². The second-order valence-electron chi connectivity index (χ2n) is 2.40. The van der Waals surface area contributed by atoms with Crippen molar-refractivity contribution in [2.45, 2.75) is 6.92 Å². The molecule has 2 aromatic heterocycles. The number of anilines is 1. The van der Waals surface area contributed by atoms with Gasteiger partial charge in [0.2, 0.25) is 0 Å². The molecule has 0 radical (unpaired) electrons. The number of aromatic nitrogens is 3. The van der Waals surface area contributed by atoms with Crippen molar-refractivity contribution in [3.8, 4) is 0 Å². The van der Waals surface area contributed by atoms with Gasteiger partial charge in [0.15, 0.2) is 5.82 Å². The minimum absolute atomic E-state index is 0.522. The number of imidazole rings is 1. The number of rotatable bonds is 2. The molecule has 5 nitrogen and oxygen atoms in total. The second-order valence-corrected chi connectivity index (χ2v) is 2.40. The van der Waals surface area contributed by atoms with Crippen LogP contribution in [0.2, 0.25) is 0 Å². The van der Waals surface area contributed by atoms with Crippen LogP contribution in [-0.2, 0) is 0 Å². The summed E-state index contributed by atoms with van der Waals surface area (Å²) >= 11 is 0. The summed E-state index contributed by atoms with van der Waals surface area (Å²) in [6, 6.07) is 1.86. The molecule has 2 rings (SSSR count). The Morgan fingerprint density at radius 1 is 1.67 bits per heavy atom. The van der Waals surface area contributed by atoms with Crippen LogP contribution >= 0.6 is 0 Å². The molecule has 2 heterocycles. The van der Waals surface area contributed by atoms with Crippen molar-refractivity contribution in [3.05, 3.63) is 18.6 Å². The maximum Gasteiger partial charge on any atom is 0.151 e. The zero-order valence-corrected chi connectivity index (χ0v) is 6.77. The molecule has 5 heteroatoms. The van der Waals surface area contributed by atoms with Gasteiger partial charge in [0, 0.05) is 0 Å². The molecule has 0 amide bonds. The molecular weight excluding hydrogens is 156 g/mol. The molecule has 0 atom stereocenters. The van der Waals surface area contributed by atoms with Crippen molar-refractivity contribution in [1.29, 1.82) is 0 Å². The Balaban J connectivity index is 2.55. The number of nitrogen functional groups attached to an aromatic ring is 1. The smallest absolute Gasteiger partial charge is 0.151 e. The molecule has 0 unspecified atom stereocenters. The molecular formula is C7H10N4O. The van der Waals surface area contributed by atoms with Crippen molar-refractivity contribution in [3.63, 3.8) is 0 Å². The Labute approximate surface area is 69.3 Å². The van der Waals surface area contributed by atoms with Crippen LogP contribution in [-0.4, -0.2) is 21.0 Å². The van der Waals surface area contributed by atoms with Crippen LogP contribution in [0.4, 0.5) is 5.82 Å². The number of nitrogens with zero attached hydrogens (tertiary/aromatic N) is 3. The summed E-state index contributed by atoms with van der Waals surface area (Å²) in [4.78, 5) is 10.8. The van der Waals surface area contributed by atoms with Gasteiger partial charge in [-0.2, -0.15) is 0 Å². The summed E-state index contributed by atoms with van der Waals surface area (Å²) in [5.41, 5.74) is 6.45. The lowest BCUT2D eigenvalue weighted by Gasteiger charge is -2.03. The SMILES string of the molecule is CCOn1ccc2c(N)ncn21. The van der Waals surface area contributed by atoms with Gasteiger partial charge in [-0.1, -0.05) is 0 Å². The lowest BCUT2D eigenvalue weighted by molar-refractivity contribution is 0.0839. The molecule has 0 spiro atoms. The van der Waals surface area contributed by atoms with Gasteiger partial charge >= 0.3 is 0 Å². The zero-order chi connectivity index (χ0) is 8.55. The Morgan fingerprint density at radius 2 is 2.50 bits per heavy atom. The standard InChI is InChI=1S/C7H10N4O/c1-2-12-11-4-3-6-7(8)9-5-10(6)11/h3-5H,2,8H2,1H3. The van der Waals surface area contributed by atoms with E-state index in [1.165, 1.54) is 0 Å². The van der Waals surface area contributed by atoms with Crippen LogP contribution in [0.1, 0.15) is 6.92 Å². The maximum absolute atomic E-state index is 5.58. The molecule has 0 saturated heterocycles. The maximum atomic E-state index is 5.58. The normalized spacial score (nSPS) is 10.8. The third-order valence-electron chi connectivity index (χ3n) is 1.65. The molecule has 2 aromatic rings. The fraction of sp³-hybridized carbons (Fsp3) is 0.286. The minimum atomic E-state index is 0.522. The summed E-state index contributed by atoms with van der Waals surface area (Å²) in [5, 5.41) is 0. The van der Waals surface area contributed by atoms with E-state index in [1.807, 2.05) is 13.0 Å². The van der Waals surface area contributed by atoms with Crippen LogP contribution in [0, 0.1) is 0 Å². The summed E-state index contributed by atoms with van der Waals surface area (Å²) in [6.07, 6.45) is 3.43. The Hall–Kier alpha value is -1.65. The topological polar surface area (TPSA) is 57.5 Å². The van der Waals surface area contributed by atoms with Gasteiger partial charge in [-0.3, -0.25) is 0 Å². The predicted octanol–water partition coefficient (Wildman–Crippen LogP) is 0.167. The van der Waals surface area contributed by atoms with Gasteiger partial charge in [0.1, 0.15) is 18.5 Å². The molecule has 0 aliphatic carbocycles. The average molecular weight is 166 g/mol. The molecule has 2 N–H and O–H groups in total. The first-order valence-electron chi connectivity index (χ1n) is 3.76. The first-order valence-corrected chi connectivity index (χ1v) is 3.76. The van der Waals surface area contributed by atoms with Crippen molar-refractivity contribution < 1.29 is 4.84 Å². The van der Waals surface area contributed by atoms with Crippen LogP contribution in [0.15, 0.2) is 18.6 Å². The van der Waals surface area contributed by atoms with Gasteiger partial charge in [-0.25, -0.2) is 9.50 Å². The number of nitrogens with two attached hydrogens (primary N) is 1. The van der Waals surface area contributed by atoms with Crippen LogP contribution in [0.25, 0.3) is 5.52 Å². The third kappa shape index (κ3) is 0.827. The largest absolute Gasteiger partial charge is 0.398 e. The molecule has 0 aliphatic heterocycles. The summed E-state index contributed by atoms with van der Waals surface area (Å²) < 4.78 is 1.75. The van der Waals surface area contributed by atoms with Crippen LogP contribution in [0.5, 0.6) is 0 Å². The number of hydrogen-bond acceptors (Lipinski definition) is 3. The lowest BCUT2D eigenvalue weighted by Crippen LogP contribution is -2.14. The Bertz CT molecular complexity index is 389. The fourth-order valence-corrected chi connectivity index (χ4v) is 1.13. The lowest BCUT2D eigenvalue weighted by atomic mass is 10.5. The first-order chi connectivity index (χ1) is 5.83. The minimum Gasteiger partial charge on any atom is -0.398 e. The summed E-state index contributed by atoms with van der Waals surface area (Å²) in [6.45, 7) is 2.54. The average Bonchev–Trinajstić information content (AvgIpc) is 2.58. The molecule has 0 aliphatic rings. The predicted molar refractivity (Wildman–Crippen MR) is 44.7 cm³/mol. The highest BCUT2D eigenvalue weighted by Gasteiger charge is 2.03. The second kappa shape index (κ2) is 2.44. The van der Waals surface area contributed by atoms with E-state index < -0.39 is 0 Å². The summed E-state index contributed by atoms with van der Waals surface area (Å²) in [5.74, 6) is 0.522. The highest BCUT2D eigenvalue weighted by Crippen LogP contribution is 2.10. The highest BCUT2D eigenvalue weighted by molar-refractivity contribution is 5.64. The Kier molecular flexibility index (Phi) is 1.43. The third-order valence-corrected chi connectivity index (χ3v) is 1.65. The fourth-order valence-electron chi connectivity index (χ4n) is 1.13. The van der Waals surface area contributed by atoms with Gasteiger partial charge < -0.3 is 10.6 Å². The monoisotopic (exact) mass is 166 g/mol. The van der Waals surface area contributed by atoms with Gasteiger partial charge in [0.25, 0.3) is 0 Å². The van der Waals surface area contributed by atoms with Crippen molar-refractivity contribution in [2.75, 3.05) is 12.3 Å².